The van der Waals surface area contributed by atoms with E-state index in [1.54, 1.807) is 24.3 Å². The minimum Gasteiger partial charge on any atom is -0.508 e. The number of hydrogen-bond acceptors (Lipinski definition) is 2. The van der Waals surface area contributed by atoms with Crippen molar-refractivity contribution in [1.29, 1.82) is 0 Å². The van der Waals surface area contributed by atoms with E-state index in [2.05, 4.69) is 0 Å². The van der Waals surface area contributed by atoms with E-state index in [0.29, 0.717) is 5.75 Å². The highest BCUT2D eigenvalue weighted by Crippen LogP contribution is 2.20. The topological polar surface area (TPSA) is 40.5 Å². The van der Waals surface area contributed by atoms with Crippen LogP contribution in [0.15, 0.2) is 48.5 Å². The van der Waals surface area contributed by atoms with Gasteiger partial charge in [0.05, 0.1) is 0 Å². The van der Waals surface area contributed by atoms with Crippen molar-refractivity contribution in [2.75, 3.05) is 0 Å². The summed E-state index contributed by atoms with van der Waals surface area (Å²) in [5.41, 5.74) is 1.93. The van der Waals surface area contributed by atoms with E-state index in [4.69, 9.17) is 5.11 Å². The Bertz CT molecular complexity index is 460. The zero-order valence-corrected chi connectivity index (χ0v) is 8.80. The van der Waals surface area contributed by atoms with Gasteiger partial charge in [-0.05, 0) is 42.2 Å². The van der Waals surface area contributed by atoms with Crippen LogP contribution in [-0.2, 0) is 6.42 Å². The van der Waals surface area contributed by atoms with E-state index < -0.39 is 0 Å². The van der Waals surface area contributed by atoms with Gasteiger partial charge in [-0.15, -0.1) is 0 Å². The summed E-state index contributed by atoms with van der Waals surface area (Å²) in [5.74, 6) is 0.563. The Balaban J connectivity index is 2.02. The number of phenols is 2. The minimum atomic E-state index is 0.270. The molecule has 2 nitrogen and oxygen atoms in total. The standard InChI is InChI=1S/C14H13O2/c15-13-9-6-11(7-10-13)5-8-12-3-1-2-4-14(12)16/h1-4,6-10,15-16H,5H2. The second kappa shape index (κ2) is 4.71. The van der Waals surface area contributed by atoms with Crippen LogP contribution in [0.5, 0.6) is 11.5 Å². The molecule has 2 N–H and O–H groups in total. The molecule has 0 atom stereocenters. The molecule has 0 saturated carbocycles. The second-order valence-corrected chi connectivity index (χ2v) is 3.63. The SMILES string of the molecule is Oc1ccc(C[CH]c2ccccc2O)cc1. The monoisotopic (exact) mass is 213 g/mol. The Morgan fingerprint density at radius 1 is 0.875 bits per heavy atom. The molecule has 16 heavy (non-hydrogen) atoms. The summed E-state index contributed by atoms with van der Waals surface area (Å²) >= 11 is 0. The van der Waals surface area contributed by atoms with E-state index in [-0.39, 0.29) is 5.75 Å². The Morgan fingerprint density at radius 2 is 1.56 bits per heavy atom. The van der Waals surface area contributed by atoms with Gasteiger partial charge >= 0.3 is 0 Å². The Labute approximate surface area is 94.8 Å². The first-order valence-corrected chi connectivity index (χ1v) is 5.15. The van der Waals surface area contributed by atoms with Gasteiger partial charge in [0.25, 0.3) is 0 Å². The smallest absolute Gasteiger partial charge is 0.119 e. The van der Waals surface area contributed by atoms with Crippen LogP contribution in [0.1, 0.15) is 11.1 Å². The average molecular weight is 213 g/mol. The summed E-state index contributed by atoms with van der Waals surface area (Å²) in [6.07, 6.45) is 2.69. The molecule has 0 amide bonds. The highest BCUT2D eigenvalue weighted by atomic mass is 16.3. The van der Waals surface area contributed by atoms with Gasteiger partial charge in [0.1, 0.15) is 11.5 Å². The molecule has 81 valence electrons. The van der Waals surface area contributed by atoms with Crippen LogP contribution in [0.4, 0.5) is 0 Å². The van der Waals surface area contributed by atoms with Crippen molar-refractivity contribution in [1.82, 2.24) is 0 Å². The average Bonchev–Trinajstić information content (AvgIpc) is 2.30. The van der Waals surface area contributed by atoms with E-state index in [9.17, 15) is 5.11 Å². The number of aromatic hydroxyl groups is 2. The van der Waals surface area contributed by atoms with Crippen LogP contribution in [-0.4, -0.2) is 10.2 Å². The summed E-state index contributed by atoms with van der Waals surface area (Å²) < 4.78 is 0. The summed E-state index contributed by atoms with van der Waals surface area (Å²) in [6, 6.07) is 14.3. The van der Waals surface area contributed by atoms with Gasteiger partial charge < -0.3 is 10.2 Å². The van der Waals surface area contributed by atoms with Crippen LogP contribution >= 0.6 is 0 Å². The lowest BCUT2D eigenvalue weighted by atomic mass is 10.0. The van der Waals surface area contributed by atoms with Crippen molar-refractivity contribution in [2.45, 2.75) is 6.42 Å². The number of hydrogen-bond donors (Lipinski definition) is 2. The summed E-state index contributed by atoms with van der Waals surface area (Å²) in [6.45, 7) is 0. The predicted molar refractivity (Wildman–Crippen MR) is 63.3 cm³/mol. The van der Waals surface area contributed by atoms with Crippen LogP contribution < -0.4 is 0 Å². The normalized spacial score (nSPS) is 10.2. The van der Waals surface area contributed by atoms with Crippen LogP contribution in [0.3, 0.4) is 0 Å². The maximum atomic E-state index is 9.56. The molecule has 2 aromatic carbocycles. The molecule has 2 rings (SSSR count). The molecule has 0 heterocycles. The fourth-order valence-electron chi connectivity index (χ4n) is 1.52. The van der Waals surface area contributed by atoms with Gasteiger partial charge in [0, 0.05) is 0 Å². The molecule has 0 spiro atoms. The summed E-state index contributed by atoms with van der Waals surface area (Å²) in [5, 5.41) is 18.7. The van der Waals surface area contributed by atoms with Crippen molar-refractivity contribution < 1.29 is 10.2 Å². The lowest BCUT2D eigenvalue weighted by Gasteiger charge is -2.04. The van der Waals surface area contributed by atoms with Gasteiger partial charge in [-0.3, -0.25) is 0 Å². The van der Waals surface area contributed by atoms with E-state index in [1.807, 2.05) is 30.7 Å². The van der Waals surface area contributed by atoms with Crippen molar-refractivity contribution >= 4 is 0 Å². The van der Waals surface area contributed by atoms with E-state index in [0.717, 1.165) is 17.5 Å². The first-order valence-electron chi connectivity index (χ1n) is 5.15. The lowest BCUT2D eigenvalue weighted by molar-refractivity contribution is 0.471. The van der Waals surface area contributed by atoms with Crippen molar-refractivity contribution in [2.24, 2.45) is 0 Å². The Morgan fingerprint density at radius 3 is 2.25 bits per heavy atom. The fraction of sp³-hybridized carbons (Fsp3) is 0.0714. The van der Waals surface area contributed by atoms with Crippen LogP contribution in [0, 0.1) is 6.42 Å². The molecule has 0 aliphatic heterocycles. The van der Waals surface area contributed by atoms with Gasteiger partial charge in [-0.2, -0.15) is 0 Å². The zero-order valence-electron chi connectivity index (χ0n) is 8.80. The summed E-state index contributed by atoms with van der Waals surface area (Å²) in [7, 11) is 0. The first kappa shape index (κ1) is 10.6. The molecule has 0 fully saturated rings. The number of para-hydroxylation sites is 1. The maximum absolute atomic E-state index is 9.56. The Hall–Kier alpha value is -1.96. The molecular weight excluding hydrogens is 200 g/mol. The molecule has 0 aliphatic carbocycles. The highest BCUT2D eigenvalue weighted by molar-refractivity contribution is 5.39. The quantitative estimate of drug-likeness (QED) is 0.823. The number of phenolic OH excluding ortho intramolecular Hbond substituents is 2. The largest absolute Gasteiger partial charge is 0.508 e. The van der Waals surface area contributed by atoms with E-state index >= 15 is 0 Å². The van der Waals surface area contributed by atoms with Crippen molar-refractivity contribution in [3.8, 4) is 11.5 Å². The third-order valence-electron chi connectivity index (χ3n) is 2.43. The first-order chi connectivity index (χ1) is 7.75. The molecular formula is C14H13O2. The minimum absolute atomic E-state index is 0.270. The molecule has 0 saturated heterocycles. The third kappa shape index (κ3) is 2.54. The van der Waals surface area contributed by atoms with Crippen molar-refractivity contribution in [3.05, 3.63) is 66.1 Å². The lowest BCUT2D eigenvalue weighted by Crippen LogP contribution is -1.88. The van der Waals surface area contributed by atoms with Crippen LogP contribution in [0.2, 0.25) is 0 Å². The van der Waals surface area contributed by atoms with E-state index in [1.165, 1.54) is 0 Å². The maximum Gasteiger partial charge on any atom is 0.119 e. The number of rotatable bonds is 3. The highest BCUT2D eigenvalue weighted by Gasteiger charge is 2.00. The summed E-state index contributed by atoms with van der Waals surface area (Å²) in [4.78, 5) is 0. The zero-order chi connectivity index (χ0) is 11.4. The number of benzene rings is 2. The molecule has 0 aliphatic rings. The molecule has 0 unspecified atom stereocenters. The molecule has 2 aromatic rings. The molecule has 0 bridgehead atoms. The second-order valence-electron chi connectivity index (χ2n) is 3.63. The van der Waals surface area contributed by atoms with Crippen molar-refractivity contribution in [3.63, 3.8) is 0 Å². The Kier molecular flexibility index (Phi) is 3.10. The predicted octanol–water partition coefficient (Wildman–Crippen LogP) is 2.89. The van der Waals surface area contributed by atoms with Gasteiger partial charge in [0.2, 0.25) is 0 Å². The van der Waals surface area contributed by atoms with Gasteiger partial charge in [-0.1, -0.05) is 30.3 Å². The third-order valence-corrected chi connectivity index (χ3v) is 2.43. The van der Waals surface area contributed by atoms with Crippen LogP contribution in [0.25, 0.3) is 0 Å². The molecule has 2 heteroatoms. The molecule has 1 radical (unpaired) electrons. The molecule has 0 aromatic heterocycles. The van der Waals surface area contributed by atoms with Gasteiger partial charge in [0.15, 0.2) is 0 Å². The fourth-order valence-corrected chi connectivity index (χ4v) is 1.52. The van der Waals surface area contributed by atoms with Gasteiger partial charge in [-0.25, -0.2) is 0 Å².